The molecule has 0 aromatic heterocycles. The average molecular weight is 347 g/mol. The van der Waals surface area contributed by atoms with Crippen molar-refractivity contribution in [2.75, 3.05) is 6.54 Å². The molecule has 0 aliphatic carbocycles. The Morgan fingerprint density at radius 3 is 2.48 bits per heavy atom. The quantitative estimate of drug-likeness (QED) is 0.713. The van der Waals surface area contributed by atoms with Crippen LogP contribution in [0.25, 0.3) is 0 Å². The highest BCUT2D eigenvalue weighted by Gasteiger charge is 2.21. The largest absolute Gasteiger partial charge is 0.306 e. The average Bonchev–Trinajstić information content (AvgIpc) is 2.45. The number of benzene rings is 2. The van der Waals surface area contributed by atoms with Gasteiger partial charge in [-0.2, -0.15) is 0 Å². The van der Waals surface area contributed by atoms with Crippen LogP contribution in [0.3, 0.4) is 0 Å². The Kier molecular flexibility index (Phi) is 5.88. The molecule has 0 amide bonds. The van der Waals surface area contributed by atoms with Gasteiger partial charge in [0.2, 0.25) is 0 Å². The zero-order chi connectivity index (χ0) is 15.4. The third-order valence-electron chi connectivity index (χ3n) is 3.16. The zero-order valence-electron chi connectivity index (χ0n) is 11.5. The van der Waals surface area contributed by atoms with Crippen LogP contribution in [-0.2, 0) is 0 Å². The van der Waals surface area contributed by atoms with Crippen molar-refractivity contribution in [1.82, 2.24) is 5.32 Å². The molecule has 0 aliphatic heterocycles. The lowest BCUT2D eigenvalue weighted by Gasteiger charge is -2.21. The summed E-state index contributed by atoms with van der Waals surface area (Å²) in [5, 5.41) is 4.44. The molecule has 5 heteroatoms. The lowest BCUT2D eigenvalue weighted by Crippen LogP contribution is -2.24. The van der Waals surface area contributed by atoms with Crippen LogP contribution in [0.1, 0.15) is 30.5 Å². The molecule has 0 spiro atoms. The molecule has 1 atom stereocenters. The van der Waals surface area contributed by atoms with E-state index in [1.165, 1.54) is 6.07 Å². The molecule has 1 N–H and O–H groups in total. The molecule has 0 aliphatic rings. The Morgan fingerprint density at radius 2 is 1.81 bits per heavy atom. The first-order valence-electron chi connectivity index (χ1n) is 6.66. The van der Waals surface area contributed by atoms with E-state index in [-0.39, 0.29) is 11.1 Å². The van der Waals surface area contributed by atoms with E-state index in [4.69, 9.17) is 34.8 Å². The maximum atomic E-state index is 14.3. The lowest BCUT2D eigenvalue weighted by atomic mass is 9.98. The third kappa shape index (κ3) is 3.89. The summed E-state index contributed by atoms with van der Waals surface area (Å²) in [4.78, 5) is 0. The number of rotatable bonds is 5. The summed E-state index contributed by atoms with van der Waals surface area (Å²) >= 11 is 18.1. The predicted molar refractivity (Wildman–Crippen MR) is 88.0 cm³/mol. The van der Waals surface area contributed by atoms with Gasteiger partial charge in [-0.25, -0.2) is 4.39 Å². The summed E-state index contributed by atoms with van der Waals surface area (Å²) in [6, 6.07) is 9.80. The van der Waals surface area contributed by atoms with Crippen molar-refractivity contribution in [2.45, 2.75) is 19.4 Å². The van der Waals surface area contributed by atoms with Gasteiger partial charge in [-0.15, -0.1) is 0 Å². The number of hydrogen-bond donors (Lipinski definition) is 1. The van der Waals surface area contributed by atoms with Crippen molar-refractivity contribution < 1.29 is 4.39 Å². The minimum atomic E-state index is -0.432. The van der Waals surface area contributed by atoms with Crippen molar-refractivity contribution in [2.24, 2.45) is 0 Å². The molecule has 2 aromatic rings. The second-order valence-corrected chi connectivity index (χ2v) is 5.95. The first-order chi connectivity index (χ1) is 10.0. The van der Waals surface area contributed by atoms with Crippen LogP contribution < -0.4 is 5.32 Å². The van der Waals surface area contributed by atoms with E-state index in [1.807, 2.05) is 6.92 Å². The molecule has 0 radical (unpaired) electrons. The molecule has 2 rings (SSSR count). The summed E-state index contributed by atoms with van der Waals surface area (Å²) in [5.74, 6) is -0.432. The molecule has 0 heterocycles. The Bertz CT molecular complexity index is 631. The highest BCUT2D eigenvalue weighted by Crippen LogP contribution is 2.33. The zero-order valence-corrected chi connectivity index (χ0v) is 13.7. The maximum absolute atomic E-state index is 14.3. The summed E-state index contributed by atoms with van der Waals surface area (Å²) in [7, 11) is 0. The topological polar surface area (TPSA) is 12.0 Å². The minimum absolute atomic E-state index is 0.0980. The summed E-state index contributed by atoms with van der Waals surface area (Å²) < 4.78 is 14.3. The number of hydrogen-bond acceptors (Lipinski definition) is 1. The Labute approximate surface area is 139 Å². The van der Waals surface area contributed by atoms with Gasteiger partial charge in [-0.3, -0.25) is 0 Å². The van der Waals surface area contributed by atoms with Crippen LogP contribution in [0.2, 0.25) is 15.1 Å². The fraction of sp³-hybridized carbons (Fsp3) is 0.250. The van der Waals surface area contributed by atoms with Gasteiger partial charge in [0.25, 0.3) is 0 Å². The first kappa shape index (κ1) is 16.6. The maximum Gasteiger partial charge on any atom is 0.146 e. The van der Waals surface area contributed by atoms with Gasteiger partial charge in [-0.1, -0.05) is 59.9 Å². The smallest absolute Gasteiger partial charge is 0.146 e. The molecule has 0 fully saturated rings. The van der Waals surface area contributed by atoms with Gasteiger partial charge in [0.1, 0.15) is 5.82 Å². The van der Waals surface area contributed by atoms with E-state index in [1.54, 1.807) is 30.3 Å². The number of halogens is 4. The number of nitrogens with one attached hydrogen (secondary N) is 1. The molecular formula is C16H15Cl3FN. The van der Waals surface area contributed by atoms with Crippen molar-refractivity contribution in [3.63, 3.8) is 0 Å². The van der Waals surface area contributed by atoms with Gasteiger partial charge in [0.05, 0.1) is 11.1 Å². The normalized spacial score (nSPS) is 12.4. The first-order valence-corrected chi connectivity index (χ1v) is 7.80. The van der Waals surface area contributed by atoms with Crippen LogP contribution in [0.5, 0.6) is 0 Å². The monoisotopic (exact) mass is 345 g/mol. The SMILES string of the molecule is CCCNC(c1ccc(Cl)cc1Cl)c1cccc(Cl)c1F. The summed E-state index contributed by atoms with van der Waals surface area (Å²) in [6.07, 6.45) is 0.921. The van der Waals surface area contributed by atoms with E-state index in [9.17, 15) is 4.39 Å². The van der Waals surface area contributed by atoms with Crippen LogP contribution >= 0.6 is 34.8 Å². The van der Waals surface area contributed by atoms with Crippen molar-refractivity contribution in [3.05, 3.63) is 68.4 Å². The van der Waals surface area contributed by atoms with E-state index in [2.05, 4.69) is 5.32 Å². The fourth-order valence-corrected chi connectivity index (χ4v) is 2.85. The van der Waals surface area contributed by atoms with E-state index < -0.39 is 5.82 Å². The highest BCUT2D eigenvalue weighted by molar-refractivity contribution is 6.35. The minimum Gasteiger partial charge on any atom is -0.306 e. The van der Waals surface area contributed by atoms with Gasteiger partial charge in [0, 0.05) is 15.6 Å². The Morgan fingerprint density at radius 1 is 1.05 bits per heavy atom. The second kappa shape index (κ2) is 7.46. The van der Waals surface area contributed by atoms with E-state index >= 15 is 0 Å². The molecule has 1 nitrogen and oxygen atoms in total. The summed E-state index contributed by atoms with van der Waals surface area (Å²) in [6.45, 7) is 2.78. The molecule has 0 saturated carbocycles. The molecular weight excluding hydrogens is 332 g/mol. The second-order valence-electron chi connectivity index (χ2n) is 4.70. The van der Waals surface area contributed by atoms with E-state index in [0.717, 1.165) is 18.5 Å². The standard InChI is InChI=1S/C16H15Cl3FN/c1-2-8-21-16(11-7-6-10(17)9-14(11)19)12-4-3-5-13(18)15(12)20/h3-7,9,16,21H,2,8H2,1H3. The summed E-state index contributed by atoms with van der Waals surface area (Å²) in [5.41, 5.74) is 1.25. The van der Waals surface area contributed by atoms with Crippen LogP contribution in [0.15, 0.2) is 36.4 Å². The Balaban J connectivity index is 2.49. The van der Waals surface area contributed by atoms with Crippen LogP contribution in [-0.4, -0.2) is 6.54 Å². The molecule has 112 valence electrons. The van der Waals surface area contributed by atoms with Gasteiger partial charge < -0.3 is 5.32 Å². The Hall–Kier alpha value is -0.800. The van der Waals surface area contributed by atoms with Crippen molar-refractivity contribution >= 4 is 34.8 Å². The predicted octanol–water partition coefficient (Wildman–Crippen LogP) is 5.87. The molecule has 2 aromatic carbocycles. The van der Waals surface area contributed by atoms with Gasteiger partial charge in [0.15, 0.2) is 0 Å². The molecule has 0 saturated heterocycles. The highest BCUT2D eigenvalue weighted by atomic mass is 35.5. The molecule has 1 unspecified atom stereocenters. The third-order valence-corrected chi connectivity index (χ3v) is 4.02. The van der Waals surface area contributed by atoms with E-state index in [0.29, 0.717) is 15.6 Å². The van der Waals surface area contributed by atoms with Crippen LogP contribution in [0, 0.1) is 5.82 Å². The fourth-order valence-electron chi connectivity index (χ4n) is 2.16. The van der Waals surface area contributed by atoms with Crippen molar-refractivity contribution in [3.8, 4) is 0 Å². The molecule has 0 bridgehead atoms. The lowest BCUT2D eigenvalue weighted by molar-refractivity contribution is 0.547. The molecule has 21 heavy (non-hydrogen) atoms. The van der Waals surface area contributed by atoms with Gasteiger partial charge >= 0.3 is 0 Å². The van der Waals surface area contributed by atoms with Crippen molar-refractivity contribution in [1.29, 1.82) is 0 Å². The van der Waals surface area contributed by atoms with Crippen LogP contribution in [0.4, 0.5) is 4.39 Å². The van der Waals surface area contributed by atoms with Gasteiger partial charge in [-0.05, 0) is 36.7 Å².